The molecule has 1 amide bonds. The number of aromatic nitrogens is 2. The van der Waals surface area contributed by atoms with Gasteiger partial charge < -0.3 is 19.9 Å². The van der Waals surface area contributed by atoms with E-state index < -0.39 is 0 Å². The van der Waals surface area contributed by atoms with Crippen molar-refractivity contribution >= 4 is 22.4 Å². The number of nitrogens with zero attached hydrogens (tertiary/aromatic N) is 3. The topological polar surface area (TPSA) is 90.6 Å². The number of ether oxygens (including phenoxy) is 1. The van der Waals surface area contributed by atoms with Gasteiger partial charge in [-0.05, 0) is 43.0 Å². The number of fused-ring (bicyclic) bond motifs is 1. The van der Waals surface area contributed by atoms with Crippen LogP contribution in [0.2, 0.25) is 0 Å². The first-order chi connectivity index (χ1) is 16.0. The molecule has 2 aliphatic heterocycles. The van der Waals surface area contributed by atoms with Crippen molar-refractivity contribution in [2.24, 2.45) is 0 Å². The van der Waals surface area contributed by atoms with Crippen molar-refractivity contribution in [2.75, 3.05) is 44.7 Å². The summed E-state index contributed by atoms with van der Waals surface area (Å²) in [6.07, 6.45) is 2.55. The van der Waals surface area contributed by atoms with Crippen LogP contribution in [-0.4, -0.2) is 66.7 Å². The van der Waals surface area contributed by atoms with Gasteiger partial charge in [0.05, 0.1) is 24.6 Å². The van der Waals surface area contributed by atoms with Crippen LogP contribution in [0.5, 0.6) is 0 Å². The predicted molar refractivity (Wildman–Crippen MR) is 128 cm³/mol. The number of amides is 1. The van der Waals surface area contributed by atoms with Crippen molar-refractivity contribution in [1.82, 2.24) is 20.2 Å². The average molecular weight is 448 g/mol. The number of hydrogen-bond acceptors (Lipinski definition) is 6. The Bertz CT molecular complexity index is 1210. The van der Waals surface area contributed by atoms with Crippen molar-refractivity contribution in [1.29, 1.82) is 0 Å². The lowest BCUT2D eigenvalue weighted by Gasteiger charge is -2.38. The molecule has 2 N–H and O–H groups in total. The maximum absolute atomic E-state index is 12.6. The summed E-state index contributed by atoms with van der Waals surface area (Å²) >= 11 is 0. The summed E-state index contributed by atoms with van der Waals surface area (Å²) in [6.45, 7) is 6.33. The van der Waals surface area contributed by atoms with E-state index >= 15 is 0 Å². The van der Waals surface area contributed by atoms with Gasteiger partial charge in [0.25, 0.3) is 11.5 Å². The van der Waals surface area contributed by atoms with Crippen LogP contribution in [0.3, 0.4) is 0 Å². The zero-order valence-electron chi connectivity index (χ0n) is 19.0. The molecule has 8 heteroatoms. The maximum Gasteiger partial charge on any atom is 0.269 e. The van der Waals surface area contributed by atoms with Crippen molar-refractivity contribution in [3.05, 3.63) is 69.9 Å². The highest BCUT2D eigenvalue weighted by Gasteiger charge is 2.33. The van der Waals surface area contributed by atoms with Crippen LogP contribution in [0.25, 0.3) is 10.8 Å². The normalized spacial score (nSPS) is 21.5. The fraction of sp³-hybridized carbons (Fsp3) is 0.400. The van der Waals surface area contributed by atoms with E-state index in [1.54, 1.807) is 19.3 Å². The van der Waals surface area contributed by atoms with Gasteiger partial charge in [-0.1, -0.05) is 17.7 Å². The van der Waals surface area contributed by atoms with E-state index in [4.69, 9.17) is 4.74 Å². The minimum absolute atomic E-state index is 0.0529. The van der Waals surface area contributed by atoms with Crippen LogP contribution in [0.1, 0.15) is 34.3 Å². The predicted octanol–water partition coefficient (Wildman–Crippen LogP) is 2.24. The molecule has 0 spiro atoms. The van der Waals surface area contributed by atoms with Gasteiger partial charge in [0.1, 0.15) is 5.69 Å². The van der Waals surface area contributed by atoms with E-state index in [0.717, 1.165) is 60.3 Å². The number of pyridine rings is 2. The summed E-state index contributed by atoms with van der Waals surface area (Å²) in [4.78, 5) is 36.4. The summed E-state index contributed by atoms with van der Waals surface area (Å²) in [7, 11) is 1.60. The number of benzene rings is 1. The van der Waals surface area contributed by atoms with Crippen molar-refractivity contribution in [2.45, 2.75) is 25.5 Å². The summed E-state index contributed by atoms with van der Waals surface area (Å²) in [5.41, 5.74) is 3.35. The maximum atomic E-state index is 12.6. The molecule has 1 aromatic carbocycles. The molecule has 3 aromatic rings. The van der Waals surface area contributed by atoms with Gasteiger partial charge in [0, 0.05) is 50.3 Å². The Morgan fingerprint density at radius 3 is 2.70 bits per heavy atom. The molecule has 2 aromatic heterocycles. The third kappa shape index (κ3) is 4.36. The molecule has 0 aliphatic carbocycles. The second-order valence-electron chi connectivity index (χ2n) is 8.86. The number of carbonyl (C=O) groups is 1. The third-order valence-electron chi connectivity index (χ3n) is 6.75. The number of anilines is 1. The molecule has 2 atom stereocenters. The third-order valence-corrected chi connectivity index (χ3v) is 6.75. The summed E-state index contributed by atoms with van der Waals surface area (Å²) < 4.78 is 6.12. The molecule has 172 valence electrons. The zero-order valence-corrected chi connectivity index (χ0v) is 19.0. The van der Waals surface area contributed by atoms with Gasteiger partial charge in [-0.15, -0.1) is 0 Å². The molecule has 0 radical (unpaired) electrons. The number of aryl methyl sites for hydroxylation is 1. The Labute approximate surface area is 192 Å². The fourth-order valence-corrected chi connectivity index (χ4v) is 4.83. The van der Waals surface area contributed by atoms with Crippen molar-refractivity contribution < 1.29 is 9.53 Å². The Kier molecular flexibility index (Phi) is 5.86. The van der Waals surface area contributed by atoms with Crippen LogP contribution >= 0.6 is 0 Å². The van der Waals surface area contributed by atoms with E-state index in [9.17, 15) is 9.59 Å². The molecular formula is C25H29N5O3. The molecule has 4 heterocycles. The molecule has 8 nitrogen and oxygen atoms in total. The largest absolute Gasteiger partial charge is 0.370 e. The SMILES string of the molecule is CNC(=O)c1ccc(N2CCN([C@H]3CO[C@@H](c4cc5ccc(C)cc5c(=O)[nH]4)C3)CC2)cn1. The Morgan fingerprint density at radius 1 is 1.15 bits per heavy atom. The highest BCUT2D eigenvalue weighted by Crippen LogP contribution is 2.32. The molecule has 2 fully saturated rings. The van der Waals surface area contributed by atoms with E-state index in [1.165, 1.54) is 0 Å². The van der Waals surface area contributed by atoms with Gasteiger partial charge in [-0.25, -0.2) is 4.98 Å². The molecule has 5 rings (SSSR count). The van der Waals surface area contributed by atoms with Gasteiger partial charge in [0.15, 0.2) is 0 Å². The minimum atomic E-state index is -0.176. The number of aromatic amines is 1. The van der Waals surface area contributed by atoms with E-state index in [-0.39, 0.29) is 17.6 Å². The number of nitrogens with one attached hydrogen (secondary N) is 2. The molecule has 0 saturated carbocycles. The highest BCUT2D eigenvalue weighted by molar-refractivity contribution is 5.92. The fourth-order valence-electron chi connectivity index (χ4n) is 4.83. The quantitative estimate of drug-likeness (QED) is 0.638. The first-order valence-electron chi connectivity index (χ1n) is 11.4. The lowest BCUT2D eigenvalue weighted by Crippen LogP contribution is -2.50. The zero-order chi connectivity index (χ0) is 22.9. The van der Waals surface area contributed by atoms with Crippen LogP contribution in [0, 0.1) is 6.92 Å². The van der Waals surface area contributed by atoms with Gasteiger partial charge in [-0.2, -0.15) is 0 Å². The summed E-state index contributed by atoms with van der Waals surface area (Å²) in [5, 5.41) is 4.27. The molecule has 2 saturated heterocycles. The van der Waals surface area contributed by atoms with Crippen molar-refractivity contribution in [3.63, 3.8) is 0 Å². The van der Waals surface area contributed by atoms with E-state index in [1.807, 2.05) is 31.2 Å². The monoisotopic (exact) mass is 447 g/mol. The summed E-state index contributed by atoms with van der Waals surface area (Å²) in [5.74, 6) is -0.176. The van der Waals surface area contributed by atoms with Gasteiger partial charge >= 0.3 is 0 Å². The first kappa shape index (κ1) is 21.6. The summed E-state index contributed by atoms with van der Waals surface area (Å²) in [6, 6.07) is 12.1. The molecular weight excluding hydrogens is 418 g/mol. The molecule has 0 unspecified atom stereocenters. The Hall–Kier alpha value is -3.23. The smallest absolute Gasteiger partial charge is 0.269 e. The standard InChI is InChI=1S/C25H29N5O3/c1-16-3-4-17-12-22(28-24(31)20(17)11-16)23-13-19(15-33-23)30-9-7-29(8-10-30)18-5-6-21(27-14-18)25(32)26-2/h3-6,11-12,14,19,23H,7-10,13,15H2,1-2H3,(H,26,32)(H,28,31)/t19-,23-/m1/s1. The average Bonchev–Trinajstić information content (AvgIpc) is 3.34. The van der Waals surface area contributed by atoms with Crippen LogP contribution in [0.15, 0.2) is 47.4 Å². The number of carbonyl (C=O) groups excluding carboxylic acids is 1. The van der Waals surface area contributed by atoms with Crippen LogP contribution < -0.4 is 15.8 Å². The number of piperazine rings is 1. The Balaban J connectivity index is 1.21. The lowest BCUT2D eigenvalue weighted by molar-refractivity contribution is 0.0931. The number of H-pyrrole nitrogens is 1. The number of hydrogen-bond donors (Lipinski definition) is 2. The Morgan fingerprint density at radius 2 is 1.97 bits per heavy atom. The molecule has 0 bridgehead atoms. The molecule has 33 heavy (non-hydrogen) atoms. The number of rotatable bonds is 4. The van der Waals surface area contributed by atoms with E-state index in [2.05, 4.69) is 31.2 Å². The van der Waals surface area contributed by atoms with Crippen LogP contribution in [-0.2, 0) is 4.74 Å². The van der Waals surface area contributed by atoms with Crippen LogP contribution in [0.4, 0.5) is 5.69 Å². The molecule has 2 aliphatic rings. The van der Waals surface area contributed by atoms with Gasteiger partial charge in [0.2, 0.25) is 0 Å². The highest BCUT2D eigenvalue weighted by atomic mass is 16.5. The second kappa shape index (κ2) is 8.96. The minimum Gasteiger partial charge on any atom is -0.370 e. The van der Waals surface area contributed by atoms with E-state index in [0.29, 0.717) is 18.3 Å². The second-order valence-corrected chi connectivity index (χ2v) is 8.86. The first-order valence-corrected chi connectivity index (χ1v) is 11.4. The lowest BCUT2D eigenvalue weighted by atomic mass is 10.0. The van der Waals surface area contributed by atoms with Gasteiger partial charge in [-0.3, -0.25) is 14.5 Å². The van der Waals surface area contributed by atoms with Crippen molar-refractivity contribution in [3.8, 4) is 0 Å².